The molecule has 0 bridgehead atoms. The molecule has 5 heteroatoms. The van der Waals surface area contributed by atoms with E-state index in [1.807, 2.05) is 22.9 Å². The molecule has 0 aliphatic rings. The number of carbonyl (C=O) groups is 1. The molecule has 0 aliphatic carbocycles. The molecule has 0 spiro atoms. The number of hydrogen-bond donors (Lipinski definition) is 0. The van der Waals surface area contributed by atoms with Crippen LogP contribution in [0.25, 0.3) is 0 Å². The van der Waals surface area contributed by atoms with Crippen LogP contribution in [0.3, 0.4) is 0 Å². The van der Waals surface area contributed by atoms with Crippen LogP contribution < -0.4 is 0 Å². The predicted octanol–water partition coefficient (Wildman–Crippen LogP) is 4.10. The zero-order valence-corrected chi connectivity index (χ0v) is 13.8. The Morgan fingerprint density at radius 1 is 1.20 bits per heavy atom. The summed E-state index contributed by atoms with van der Waals surface area (Å²) in [5.74, 6) is -0.129. The molecule has 3 aromatic rings. The van der Waals surface area contributed by atoms with E-state index in [0.29, 0.717) is 25.4 Å². The summed E-state index contributed by atoms with van der Waals surface area (Å²) >= 11 is 0. The zero-order chi connectivity index (χ0) is 17.6. The third-order valence-electron chi connectivity index (χ3n) is 3.91. The largest absolute Gasteiger partial charge is 0.459 e. The molecule has 0 radical (unpaired) electrons. The van der Waals surface area contributed by atoms with Gasteiger partial charge >= 0.3 is 0 Å². The van der Waals surface area contributed by atoms with Crippen LogP contribution in [-0.4, -0.2) is 21.9 Å². The van der Waals surface area contributed by atoms with Gasteiger partial charge in [-0.3, -0.25) is 4.79 Å². The van der Waals surface area contributed by atoms with Gasteiger partial charge in [0.1, 0.15) is 5.82 Å². The second-order valence-corrected chi connectivity index (χ2v) is 5.71. The quantitative estimate of drug-likeness (QED) is 0.609. The molecule has 3 rings (SSSR count). The van der Waals surface area contributed by atoms with Gasteiger partial charge < -0.3 is 13.9 Å². The van der Waals surface area contributed by atoms with Gasteiger partial charge in [0.05, 0.1) is 12.8 Å². The van der Waals surface area contributed by atoms with Crippen molar-refractivity contribution in [3.63, 3.8) is 0 Å². The van der Waals surface area contributed by atoms with Crippen molar-refractivity contribution < 1.29 is 13.6 Å². The molecule has 0 unspecified atom stereocenters. The first-order chi connectivity index (χ1) is 12.2. The molecule has 0 saturated carbocycles. The van der Waals surface area contributed by atoms with Crippen LogP contribution in [0, 0.1) is 5.82 Å². The lowest BCUT2D eigenvalue weighted by molar-refractivity contribution is 0.0727. The fraction of sp³-hybridized carbons (Fsp3) is 0.150. The van der Waals surface area contributed by atoms with Gasteiger partial charge in [-0.1, -0.05) is 18.2 Å². The minimum atomic E-state index is -0.252. The van der Waals surface area contributed by atoms with Crippen molar-refractivity contribution in [2.45, 2.75) is 13.1 Å². The van der Waals surface area contributed by atoms with Gasteiger partial charge in [-0.25, -0.2) is 4.39 Å². The predicted molar refractivity (Wildman–Crippen MR) is 93.6 cm³/mol. The Labute approximate surface area is 145 Å². The number of aromatic nitrogens is 1. The highest BCUT2D eigenvalue weighted by Crippen LogP contribution is 2.14. The first-order valence-corrected chi connectivity index (χ1v) is 7.99. The van der Waals surface area contributed by atoms with E-state index in [1.165, 1.54) is 18.4 Å². The van der Waals surface area contributed by atoms with Crippen molar-refractivity contribution in [1.29, 1.82) is 0 Å². The van der Waals surface area contributed by atoms with Crippen LogP contribution in [0.5, 0.6) is 0 Å². The van der Waals surface area contributed by atoms with Crippen molar-refractivity contribution in [1.82, 2.24) is 9.47 Å². The van der Waals surface area contributed by atoms with Gasteiger partial charge in [-0.15, -0.1) is 6.58 Å². The second kappa shape index (κ2) is 7.66. The second-order valence-electron chi connectivity index (χ2n) is 5.71. The third-order valence-corrected chi connectivity index (χ3v) is 3.91. The molecule has 1 amide bonds. The Morgan fingerprint density at radius 2 is 2.00 bits per heavy atom. The average molecular weight is 338 g/mol. The molecule has 2 aromatic heterocycles. The molecule has 1 aromatic carbocycles. The van der Waals surface area contributed by atoms with E-state index < -0.39 is 0 Å². The number of furan rings is 1. The van der Waals surface area contributed by atoms with Crippen molar-refractivity contribution in [3.8, 4) is 0 Å². The fourth-order valence-corrected chi connectivity index (χ4v) is 2.66. The molecular weight excluding hydrogens is 319 g/mol. The average Bonchev–Trinajstić information content (AvgIpc) is 3.28. The lowest BCUT2D eigenvalue weighted by Gasteiger charge is -2.21. The Morgan fingerprint density at radius 3 is 2.68 bits per heavy atom. The number of halogens is 1. The summed E-state index contributed by atoms with van der Waals surface area (Å²) in [6, 6.07) is 13.7. The molecule has 2 heterocycles. The highest BCUT2D eigenvalue weighted by molar-refractivity contribution is 5.91. The van der Waals surface area contributed by atoms with Crippen LogP contribution in [0.15, 0.2) is 78.1 Å². The monoisotopic (exact) mass is 338 g/mol. The smallest absolute Gasteiger partial charge is 0.290 e. The Balaban J connectivity index is 1.77. The molecule has 0 aliphatic heterocycles. The maximum atomic E-state index is 13.1. The van der Waals surface area contributed by atoms with E-state index in [1.54, 1.807) is 35.2 Å². The van der Waals surface area contributed by atoms with Gasteiger partial charge in [-0.2, -0.15) is 0 Å². The number of amides is 1. The van der Waals surface area contributed by atoms with E-state index in [4.69, 9.17) is 4.42 Å². The molecule has 25 heavy (non-hydrogen) atoms. The van der Waals surface area contributed by atoms with Crippen LogP contribution in [0.4, 0.5) is 4.39 Å². The highest BCUT2D eigenvalue weighted by Gasteiger charge is 2.18. The van der Waals surface area contributed by atoms with Crippen molar-refractivity contribution in [2.75, 3.05) is 6.54 Å². The lowest BCUT2D eigenvalue weighted by atomic mass is 10.2. The van der Waals surface area contributed by atoms with E-state index in [-0.39, 0.29) is 11.7 Å². The van der Waals surface area contributed by atoms with Crippen LogP contribution in [0.1, 0.15) is 21.8 Å². The molecular formula is C20H19FN2O2. The third kappa shape index (κ3) is 4.07. The zero-order valence-electron chi connectivity index (χ0n) is 13.8. The number of rotatable bonds is 7. The lowest BCUT2D eigenvalue weighted by Crippen LogP contribution is -2.31. The van der Waals surface area contributed by atoms with Crippen molar-refractivity contribution >= 4 is 5.91 Å². The summed E-state index contributed by atoms with van der Waals surface area (Å²) in [4.78, 5) is 14.2. The van der Waals surface area contributed by atoms with Crippen molar-refractivity contribution in [2.24, 2.45) is 0 Å². The number of hydrogen-bond acceptors (Lipinski definition) is 2. The standard InChI is InChI=1S/C20H19FN2O2/c1-2-11-23(20(24)19-6-4-13-25-19)15-18-5-3-12-22(18)14-16-7-9-17(21)10-8-16/h2-10,12-13H,1,11,14-15H2. The van der Waals surface area contributed by atoms with Crippen LogP contribution in [0.2, 0.25) is 0 Å². The first-order valence-electron chi connectivity index (χ1n) is 7.99. The van der Waals surface area contributed by atoms with Gasteiger partial charge in [-0.05, 0) is 42.0 Å². The molecule has 4 nitrogen and oxygen atoms in total. The summed E-state index contributed by atoms with van der Waals surface area (Å²) < 4.78 is 20.3. The summed E-state index contributed by atoms with van der Waals surface area (Å²) in [5.41, 5.74) is 1.97. The molecule has 128 valence electrons. The van der Waals surface area contributed by atoms with Crippen LogP contribution in [-0.2, 0) is 13.1 Å². The number of nitrogens with zero attached hydrogens (tertiary/aromatic N) is 2. The molecule has 0 saturated heterocycles. The summed E-state index contributed by atoms with van der Waals surface area (Å²) in [5, 5.41) is 0. The van der Waals surface area contributed by atoms with Crippen molar-refractivity contribution in [3.05, 3.63) is 96.5 Å². The van der Waals surface area contributed by atoms with Crippen LogP contribution >= 0.6 is 0 Å². The van der Waals surface area contributed by atoms with Gasteiger partial charge in [0.15, 0.2) is 5.76 Å². The number of benzene rings is 1. The topological polar surface area (TPSA) is 38.4 Å². The first kappa shape index (κ1) is 16.8. The van der Waals surface area contributed by atoms with E-state index in [0.717, 1.165) is 11.3 Å². The minimum absolute atomic E-state index is 0.181. The van der Waals surface area contributed by atoms with Gasteiger partial charge in [0, 0.05) is 25.0 Å². The maximum absolute atomic E-state index is 13.1. The van der Waals surface area contributed by atoms with Gasteiger partial charge in [0.25, 0.3) is 5.91 Å². The van der Waals surface area contributed by atoms with E-state index in [9.17, 15) is 9.18 Å². The molecule has 0 fully saturated rings. The fourth-order valence-electron chi connectivity index (χ4n) is 2.66. The molecule has 0 atom stereocenters. The van der Waals surface area contributed by atoms with E-state index in [2.05, 4.69) is 6.58 Å². The van der Waals surface area contributed by atoms with E-state index >= 15 is 0 Å². The summed E-state index contributed by atoms with van der Waals surface area (Å²) in [6.07, 6.45) is 5.12. The normalized spacial score (nSPS) is 10.6. The minimum Gasteiger partial charge on any atom is -0.459 e. The molecule has 0 N–H and O–H groups in total. The maximum Gasteiger partial charge on any atom is 0.290 e. The highest BCUT2D eigenvalue weighted by atomic mass is 19.1. The Kier molecular flexibility index (Phi) is 5.14. The Hall–Kier alpha value is -3.08. The summed E-state index contributed by atoms with van der Waals surface area (Å²) in [7, 11) is 0. The SMILES string of the molecule is C=CCN(Cc1cccn1Cc1ccc(F)cc1)C(=O)c1ccco1. The number of carbonyl (C=O) groups excluding carboxylic acids is 1. The summed E-state index contributed by atoms with van der Waals surface area (Å²) in [6.45, 7) is 5.18. The Bertz CT molecular complexity index is 835. The van der Waals surface area contributed by atoms with Gasteiger partial charge in [0.2, 0.25) is 0 Å².